The number of halogens is 2. The first-order valence-electron chi connectivity index (χ1n) is 4.91. The van der Waals surface area contributed by atoms with Crippen LogP contribution in [0, 0.1) is 0 Å². The van der Waals surface area contributed by atoms with Crippen LogP contribution in [0.3, 0.4) is 0 Å². The number of hydrogen-bond acceptors (Lipinski definition) is 5. The van der Waals surface area contributed by atoms with Crippen LogP contribution in [0.5, 0.6) is 0 Å². The quantitative estimate of drug-likeness (QED) is 0.644. The largest absolute Gasteiger partial charge is 0.468 e. The molecule has 0 aliphatic carbocycles. The van der Waals surface area contributed by atoms with E-state index in [0.29, 0.717) is 26.1 Å². The van der Waals surface area contributed by atoms with Crippen molar-refractivity contribution in [2.75, 3.05) is 12.9 Å². The van der Waals surface area contributed by atoms with E-state index in [4.69, 9.17) is 23.2 Å². The van der Waals surface area contributed by atoms with Gasteiger partial charge in [0.05, 0.1) is 40.1 Å². The third-order valence-electron chi connectivity index (χ3n) is 2.13. The van der Waals surface area contributed by atoms with Gasteiger partial charge < -0.3 is 4.74 Å². The number of methoxy groups -OCH3 is 1. The summed E-state index contributed by atoms with van der Waals surface area (Å²) in [4.78, 5) is 19.6. The molecule has 7 heteroatoms. The summed E-state index contributed by atoms with van der Waals surface area (Å²) in [7, 11) is 1.34. The summed E-state index contributed by atoms with van der Waals surface area (Å²) >= 11 is 13.0. The normalized spacial score (nSPS) is 10.6. The Morgan fingerprint density at radius 2 is 2.00 bits per heavy atom. The van der Waals surface area contributed by atoms with Crippen LogP contribution in [0.25, 0.3) is 11.0 Å². The van der Waals surface area contributed by atoms with Crippen molar-refractivity contribution in [3.05, 3.63) is 28.4 Å². The predicted octanol–water partition coefficient (Wildman–Crippen LogP) is 3.20. The number of ether oxygens (including phenoxy) is 1. The summed E-state index contributed by atoms with van der Waals surface area (Å²) in [6.07, 6.45) is 1.58. The molecular weight excluding hydrogens is 295 g/mol. The Kier molecular flexibility index (Phi) is 4.27. The monoisotopic (exact) mass is 302 g/mol. The maximum atomic E-state index is 11.0. The Balaban J connectivity index is 2.27. The Morgan fingerprint density at radius 1 is 1.33 bits per heavy atom. The van der Waals surface area contributed by atoms with Crippen molar-refractivity contribution in [3.63, 3.8) is 0 Å². The zero-order valence-electron chi connectivity index (χ0n) is 9.31. The zero-order valence-corrected chi connectivity index (χ0v) is 11.6. The Hall–Kier alpha value is -1.04. The average molecular weight is 303 g/mol. The summed E-state index contributed by atoms with van der Waals surface area (Å²) in [6, 6.07) is 3.30. The van der Waals surface area contributed by atoms with Crippen LogP contribution in [-0.2, 0) is 9.53 Å². The molecule has 1 aromatic heterocycles. The highest BCUT2D eigenvalue weighted by molar-refractivity contribution is 7.99. The molecule has 0 unspecified atom stereocenters. The van der Waals surface area contributed by atoms with Crippen LogP contribution in [0.4, 0.5) is 0 Å². The zero-order chi connectivity index (χ0) is 13.1. The van der Waals surface area contributed by atoms with Crippen LogP contribution >= 0.6 is 35.0 Å². The molecule has 0 aliphatic heterocycles. The molecule has 0 fully saturated rings. The van der Waals surface area contributed by atoms with E-state index in [1.807, 2.05) is 0 Å². The second-order valence-electron chi connectivity index (χ2n) is 3.33. The van der Waals surface area contributed by atoms with Crippen molar-refractivity contribution in [2.24, 2.45) is 0 Å². The lowest BCUT2D eigenvalue weighted by atomic mass is 10.3. The second kappa shape index (κ2) is 5.73. The van der Waals surface area contributed by atoms with Crippen LogP contribution in [0.1, 0.15) is 0 Å². The molecule has 0 atom stereocenters. The SMILES string of the molecule is COC(=O)CSc1cnc2cc(Cl)c(Cl)cc2n1. The molecule has 0 spiro atoms. The summed E-state index contributed by atoms with van der Waals surface area (Å²) in [5.74, 6) is -0.117. The highest BCUT2D eigenvalue weighted by Gasteiger charge is 2.07. The lowest BCUT2D eigenvalue weighted by molar-refractivity contribution is -0.137. The minimum atomic E-state index is -0.309. The van der Waals surface area contributed by atoms with Crippen LogP contribution in [0.15, 0.2) is 23.4 Å². The number of esters is 1. The number of fused-ring (bicyclic) bond motifs is 1. The van der Waals surface area contributed by atoms with Gasteiger partial charge in [0, 0.05) is 0 Å². The van der Waals surface area contributed by atoms with Gasteiger partial charge in [-0.25, -0.2) is 4.98 Å². The minimum absolute atomic E-state index is 0.192. The van der Waals surface area contributed by atoms with Gasteiger partial charge in [-0.1, -0.05) is 35.0 Å². The van der Waals surface area contributed by atoms with E-state index in [9.17, 15) is 4.79 Å². The fraction of sp³-hybridized carbons (Fsp3) is 0.182. The van der Waals surface area contributed by atoms with Crippen LogP contribution in [0.2, 0.25) is 10.0 Å². The van der Waals surface area contributed by atoms with Crippen molar-refractivity contribution in [1.82, 2.24) is 9.97 Å². The van der Waals surface area contributed by atoms with E-state index < -0.39 is 0 Å². The molecular formula is C11H8Cl2N2O2S. The maximum absolute atomic E-state index is 11.0. The Labute approximate surface area is 118 Å². The summed E-state index contributed by atoms with van der Waals surface area (Å²) < 4.78 is 4.55. The van der Waals surface area contributed by atoms with E-state index in [0.717, 1.165) is 0 Å². The molecule has 94 valence electrons. The fourth-order valence-electron chi connectivity index (χ4n) is 1.25. The molecule has 2 aromatic rings. The van der Waals surface area contributed by atoms with Gasteiger partial charge in [0.15, 0.2) is 0 Å². The first-order chi connectivity index (χ1) is 8.60. The molecule has 0 N–H and O–H groups in total. The van der Waals surface area contributed by atoms with E-state index in [1.165, 1.54) is 18.9 Å². The first-order valence-corrected chi connectivity index (χ1v) is 6.65. The van der Waals surface area contributed by atoms with Crippen LogP contribution in [-0.4, -0.2) is 28.8 Å². The van der Waals surface area contributed by atoms with Gasteiger partial charge >= 0.3 is 5.97 Å². The van der Waals surface area contributed by atoms with Crippen molar-refractivity contribution < 1.29 is 9.53 Å². The van der Waals surface area contributed by atoms with Crippen molar-refractivity contribution in [3.8, 4) is 0 Å². The topological polar surface area (TPSA) is 52.1 Å². The number of carbonyl (C=O) groups excluding carboxylic acids is 1. The van der Waals surface area contributed by atoms with E-state index in [1.54, 1.807) is 18.3 Å². The van der Waals surface area contributed by atoms with Crippen molar-refractivity contribution in [1.29, 1.82) is 0 Å². The summed E-state index contributed by atoms with van der Waals surface area (Å²) in [5.41, 5.74) is 1.30. The molecule has 1 aromatic carbocycles. The van der Waals surface area contributed by atoms with Crippen molar-refractivity contribution >= 4 is 52.0 Å². The minimum Gasteiger partial charge on any atom is -0.468 e. The van der Waals surface area contributed by atoms with Gasteiger partial charge in [-0.05, 0) is 12.1 Å². The summed E-state index contributed by atoms with van der Waals surface area (Å²) in [6.45, 7) is 0. The van der Waals surface area contributed by atoms with Gasteiger partial charge in [0.1, 0.15) is 5.03 Å². The number of aromatic nitrogens is 2. The van der Waals surface area contributed by atoms with E-state index in [2.05, 4.69) is 14.7 Å². The third kappa shape index (κ3) is 3.04. The Bertz CT molecular complexity index is 607. The van der Waals surface area contributed by atoms with E-state index >= 15 is 0 Å². The molecule has 0 saturated heterocycles. The van der Waals surface area contributed by atoms with Gasteiger partial charge in [-0.15, -0.1) is 0 Å². The van der Waals surface area contributed by atoms with Gasteiger partial charge in [0.25, 0.3) is 0 Å². The molecule has 0 saturated carbocycles. The van der Waals surface area contributed by atoms with E-state index in [-0.39, 0.29) is 11.7 Å². The fourth-order valence-corrected chi connectivity index (χ4v) is 2.24. The first kappa shape index (κ1) is 13.4. The number of benzene rings is 1. The standard InChI is InChI=1S/C11H8Cl2N2O2S/c1-17-11(16)5-18-10-4-14-8-2-6(12)7(13)3-9(8)15-10/h2-4H,5H2,1H3. The van der Waals surface area contributed by atoms with Gasteiger partial charge in [0.2, 0.25) is 0 Å². The molecule has 0 amide bonds. The highest BCUT2D eigenvalue weighted by Crippen LogP contribution is 2.27. The predicted molar refractivity (Wildman–Crippen MR) is 72.3 cm³/mol. The Morgan fingerprint density at radius 3 is 2.67 bits per heavy atom. The summed E-state index contributed by atoms with van der Waals surface area (Å²) in [5, 5.41) is 1.49. The number of rotatable bonds is 3. The average Bonchev–Trinajstić information content (AvgIpc) is 2.37. The molecule has 0 radical (unpaired) electrons. The van der Waals surface area contributed by atoms with Gasteiger partial charge in [-0.3, -0.25) is 9.78 Å². The number of carbonyl (C=O) groups is 1. The number of thioether (sulfide) groups is 1. The molecule has 0 bridgehead atoms. The van der Waals surface area contributed by atoms with Gasteiger partial charge in [-0.2, -0.15) is 0 Å². The lowest BCUT2D eigenvalue weighted by Crippen LogP contribution is -2.03. The molecule has 1 heterocycles. The number of nitrogens with zero attached hydrogens (tertiary/aromatic N) is 2. The highest BCUT2D eigenvalue weighted by atomic mass is 35.5. The lowest BCUT2D eigenvalue weighted by Gasteiger charge is -2.03. The van der Waals surface area contributed by atoms with Crippen LogP contribution < -0.4 is 0 Å². The maximum Gasteiger partial charge on any atom is 0.316 e. The number of hydrogen-bond donors (Lipinski definition) is 0. The molecule has 0 aliphatic rings. The molecule has 18 heavy (non-hydrogen) atoms. The van der Waals surface area contributed by atoms with Crippen molar-refractivity contribution in [2.45, 2.75) is 5.03 Å². The molecule has 2 rings (SSSR count). The molecule has 4 nitrogen and oxygen atoms in total. The third-order valence-corrected chi connectivity index (χ3v) is 3.72. The second-order valence-corrected chi connectivity index (χ2v) is 5.14. The smallest absolute Gasteiger partial charge is 0.316 e.